The second-order valence-electron chi connectivity index (χ2n) is 4.42. The lowest BCUT2D eigenvalue weighted by Gasteiger charge is -2.23. The first-order chi connectivity index (χ1) is 7.70. The van der Waals surface area contributed by atoms with E-state index in [9.17, 15) is 4.39 Å². The first-order valence-corrected chi connectivity index (χ1v) is 5.70. The van der Waals surface area contributed by atoms with Crippen LogP contribution in [0.2, 0.25) is 0 Å². The Hall–Kier alpha value is -0.940. The largest absolute Gasteiger partial charge is 0.318 e. The lowest BCUT2D eigenvalue weighted by Crippen LogP contribution is -2.36. The molecule has 0 radical (unpaired) electrons. The highest BCUT2D eigenvalue weighted by atomic mass is 19.1. The number of hydrogen-bond acceptors (Lipinski definition) is 3. The van der Waals surface area contributed by atoms with Gasteiger partial charge >= 0.3 is 0 Å². The van der Waals surface area contributed by atoms with Crippen molar-refractivity contribution in [3.05, 3.63) is 18.0 Å². The van der Waals surface area contributed by atoms with E-state index in [0.717, 1.165) is 18.8 Å². The van der Waals surface area contributed by atoms with E-state index in [2.05, 4.69) is 15.3 Å². The molecule has 0 bridgehead atoms. The molecule has 5 heteroatoms. The van der Waals surface area contributed by atoms with E-state index in [4.69, 9.17) is 0 Å². The molecule has 1 aromatic rings. The maximum Gasteiger partial charge on any atom is 0.114 e. The number of hydrogen-bond donors (Lipinski definition) is 1. The van der Waals surface area contributed by atoms with Crippen molar-refractivity contribution in [2.24, 2.45) is 7.05 Å². The maximum absolute atomic E-state index is 13.4. The monoisotopic (exact) mass is 226 g/mol. The number of alkyl halides is 1. The van der Waals surface area contributed by atoms with Crippen molar-refractivity contribution in [2.75, 3.05) is 20.1 Å². The topological polar surface area (TPSA) is 33.1 Å². The molecule has 0 saturated carbocycles. The van der Waals surface area contributed by atoms with Crippen molar-refractivity contribution in [1.82, 2.24) is 20.0 Å². The zero-order valence-corrected chi connectivity index (χ0v) is 9.86. The molecule has 1 aliphatic rings. The molecule has 2 atom stereocenters. The standard InChI is InChI=1S/C11H19FN4/c1-13-6-11-5-9(12)7-16(11)8-10-3-4-14-15(10)2/h3-4,9,11,13H,5-8H2,1-2H3. The minimum Gasteiger partial charge on any atom is -0.318 e. The SMILES string of the molecule is CNCC1CC(F)CN1Cc1ccnn1C. The van der Waals surface area contributed by atoms with Gasteiger partial charge in [-0.1, -0.05) is 0 Å². The van der Waals surface area contributed by atoms with Gasteiger partial charge < -0.3 is 5.32 Å². The van der Waals surface area contributed by atoms with Crippen LogP contribution in [0, 0.1) is 0 Å². The van der Waals surface area contributed by atoms with Crippen molar-refractivity contribution in [3.63, 3.8) is 0 Å². The van der Waals surface area contributed by atoms with Crippen molar-refractivity contribution in [2.45, 2.75) is 25.2 Å². The molecule has 0 spiro atoms. The van der Waals surface area contributed by atoms with E-state index in [-0.39, 0.29) is 0 Å². The Balaban J connectivity index is 2.00. The average Bonchev–Trinajstić information content (AvgIpc) is 2.77. The highest BCUT2D eigenvalue weighted by molar-refractivity contribution is 5.01. The van der Waals surface area contributed by atoms with Crippen LogP contribution in [0.15, 0.2) is 12.3 Å². The van der Waals surface area contributed by atoms with Gasteiger partial charge in [0.2, 0.25) is 0 Å². The van der Waals surface area contributed by atoms with E-state index in [1.165, 1.54) is 0 Å². The van der Waals surface area contributed by atoms with Gasteiger partial charge in [-0.15, -0.1) is 0 Å². The zero-order valence-electron chi connectivity index (χ0n) is 9.86. The third-order valence-corrected chi connectivity index (χ3v) is 3.20. The predicted octanol–water partition coefficient (Wildman–Crippen LogP) is 0.552. The van der Waals surface area contributed by atoms with Crippen LogP contribution in [0.5, 0.6) is 0 Å². The molecule has 0 aliphatic carbocycles. The molecule has 16 heavy (non-hydrogen) atoms. The molecule has 1 aromatic heterocycles. The van der Waals surface area contributed by atoms with Gasteiger partial charge in [0.25, 0.3) is 0 Å². The lowest BCUT2D eigenvalue weighted by molar-refractivity contribution is 0.227. The molecular formula is C11H19FN4. The molecule has 1 N–H and O–H groups in total. The Bertz CT molecular complexity index is 338. The highest BCUT2D eigenvalue weighted by Crippen LogP contribution is 2.21. The summed E-state index contributed by atoms with van der Waals surface area (Å²) in [7, 11) is 3.83. The molecule has 2 rings (SSSR count). The van der Waals surface area contributed by atoms with E-state index < -0.39 is 6.17 Å². The summed E-state index contributed by atoms with van der Waals surface area (Å²) in [4.78, 5) is 2.19. The summed E-state index contributed by atoms with van der Waals surface area (Å²) in [6, 6.07) is 2.29. The quantitative estimate of drug-likeness (QED) is 0.814. The summed E-state index contributed by atoms with van der Waals surface area (Å²) in [5.74, 6) is 0. The Labute approximate surface area is 95.4 Å². The van der Waals surface area contributed by atoms with Gasteiger partial charge in [-0.2, -0.15) is 5.10 Å². The summed E-state index contributed by atoms with van der Waals surface area (Å²) in [5.41, 5.74) is 1.13. The predicted molar refractivity (Wildman–Crippen MR) is 60.8 cm³/mol. The number of rotatable bonds is 4. The maximum atomic E-state index is 13.4. The van der Waals surface area contributed by atoms with Gasteiger partial charge in [0.15, 0.2) is 0 Å². The number of halogens is 1. The van der Waals surface area contributed by atoms with Crippen molar-refractivity contribution in [1.29, 1.82) is 0 Å². The Morgan fingerprint density at radius 1 is 1.62 bits per heavy atom. The van der Waals surface area contributed by atoms with Gasteiger partial charge in [-0.25, -0.2) is 4.39 Å². The van der Waals surface area contributed by atoms with Crippen LogP contribution in [0.3, 0.4) is 0 Å². The smallest absolute Gasteiger partial charge is 0.114 e. The van der Waals surface area contributed by atoms with Crippen LogP contribution >= 0.6 is 0 Å². The normalized spacial score (nSPS) is 26.4. The third-order valence-electron chi connectivity index (χ3n) is 3.20. The summed E-state index contributed by atoms with van der Waals surface area (Å²) >= 11 is 0. The fraction of sp³-hybridized carbons (Fsp3) is 0.727. The summed E-state index contributed by atoms with van der Waals surface area (Å²) in [6.45, 7) is 2.17. The third kappa shape index (κ3) is 2.41. The van der Waals surface area contributed by atoms with Gasteiger partial charge in [0.05, 0.1) is 5.69 Å². The van der Waals surface area contributed by atoms with Crippen LogP contribution in [0.4, 0.5) is 4.39 Å². The van der Waals surface area contributed by atoms with E-state index in [1.54, 1.807) is 6.20 Å². The number of likely N-dealkylation sites (N-methyl/N-ethyl adjacent to an activating group) is 1. The van der Waals surface area contributed by atoms with E-state index in [1.807, 2.05) is 24.8 Å². The average molecular weight is 226 g/mol. The van der Waals surface area contributed by atoms with Crippen LogP contribution in [-0.4, -0.2) is 47.0 Å². The molecule has 1 aliphatic heterocycles. The fourth-order valence-electron chi connectivity index (χ4n) is 2.33. The van der Waals surface area contributed by atoms with Crippen LogP contribution < -0.4 is 5.32 Å². The number of nitrogens with one attached hydrogen (secondary N) is 1. The minimum absolute atomic E-state index is 0.301. The van der Waals surface area contributed by atoms with Gasteiger partial charge in [-0.05, 0) is 19.5 Å². The molecule has 2 heterocycles. The fourth-order valence-corrected chi connectivity index (χ4v) is 2.33. The second kappa shape index (κ2) is 4.93. The van der Waals surface area contributed by atoms with Gasteiger partial charge in [0.1, 0.15) is 6.17 Å². The molecule has 4 nitrogen and oxygen atoms in total. The Kier molecular flexibility index (Phi) is 3.56. The molecule has 90 valence electrons. The number of nitrogens with zero attached hydrogens (tertiary/aromatic N) is 3. The van der Waals surface area contributed by atoms with Crippen molar-refractivity contribution in [3.8, 4) is 0 Å². The molecule has 1 fully saturated rings. The van der Waals surface area contributed by atoms with Crippen LogP contribution in [0.25, 0.3) is 0 Å². The summed E-state index contributed by atoms with van der Waals surface area (Å²) < 4.78 is 15.2. The molecule has 0 amide bonds. The Morgan fingerprint density at radius 3 is 3.06 bits per heavy atom. The Morgan fingerprint density at radius 2 is 2.44 bits per heavy atom. The van der Waals surface area contributed by atoms with Gasteiger partial charge in [0, 0.05) is 38.9 Å². The van der Waals surface area contributed by atoms with E-state index >= 15 is 0 Å². The second-order valence-corrected chi connectivity index (χ2v) is 4.42. The molecule has 0 aromatic carbocycles. The molecule has 1 saturated heterocycles. The number of aryl methyl sites for hydroxylation is 1. The first kappa shape index (κ1) is 11.5. The van der Waals surface area contributed by atoms with Gasteiger partial charge in [-0.3, -0.25) is 9.58 Å². The van der Waals surface area contributed by atoms with Crippen LogP contribution in [0.1, 0.15) is 12.1 Å². The van der Waals surface area contributed by atoms with Crippen molar-refractivity contribution >= 4 is 0 Å². The van der Waals surface area contributed by atoms with Crippen molar-refractivity contribution < 1.29 is 4.39 Å². The number of likely N-dealkylation sites (tertiary alicyclic amines) is 1. The number of aromatic nitrogens is 2. The zero-order chi connectivity index (χ0) is 11.5. The van der Waals surface area contributed by atoms with E-state index in [0.29, 0.717) is 19.0 Å². The summed E-state index contributed by atoms with van der Waals surface area (Å²) in [6.07, 6.45) is 1.73. The lowest BCUT2D eigenvalue weighted by atomic mass is 10.2. The van der Waals surface area contributed by atoms with Crippen LogP contribution in [-0.2, 0) is 13.6 Å². The minimum atomic E-state index is -0.688. The summed E-state index contributed by atoms with van der Waals surface area (Å²) in [5, 5.41) is 7.25. The highest BCUT2D eigenvalue weighted by Gasteiger charge is 2.31. The first-order valence-electron chi connectivity index (χ1n) is 5.70. The molecular weight excluding hydrogens is 207 g/mol. The molecule has 2 unspecified atom stereocenters.